The van der Waals surface area contributed by atoms with Crippen molar-refractivity contribution in [2.45, 2.75) is 23.9 Å². The lowest BCUT2D eigenvalue weighted by Gasteiger charge is -2.13. The predicted octanol–water partition coefficient (Wildman–Crippen LogP) is 6.36. The molecule has 0 saturated carbocycles. The van der Waals surface area contributed by atoms with Crippen LogP contribution in [-0.2, 0) is 33.7 Å². The minimum Gasteiger partial charge on any atom is -0.228 e. The van der Waals surface area contributed by atoms with E-state index in [-0.39, 0.29) is 20.1 Å². The molecule has 2 nitrogen and oxygen atoms in total. The third kappa shape index (κ3) is 5.95. The van der Waals surface area contributed by atoms with Crippen LogP contribution in [0.2, 0.25) is 0 Å². The van der Waals surface area contributed by atoms with Gasteiger partial charge in [-0.25, -0.2) is 8.42 Å². The summed E-state index contributed by atoms with van der Waals surface area (Å²) >= 11 is 5.50. The summed E-state index contributed by atoms with van der Waals surface area (Å²) in [7, 11) is -4.00. The van der Waals surface area contributed by atoms with E-state index in [0.717, 1.165) is 12.1 Å². The van der Waals surface area contributed by atoms with E-state index in [2.05, 4.69) is 31.9 Å². The van der Waals surface area contributed by atoms with Gasteiger partial charge in [0.15, 0.2) is 9.84 Å². The number of hydrogen-bond acceptors (Lipinski definition) is 2. The lowest BCUT2D eigenvalue weighted by atomic mass is 10.1. The van der Waals surface area contributed by atoms with Crippen molar-refractivity contribution in [1.82, 2.24) is 0 Å². The van der Waals surface area contributed by atoms with Crippen molar-refractivity contribution in [2.75, 3.05) is 0 Å². The van der Waals surface area contributed by atoms with E-state index in [1.54, 1.807) is 0 Å². The van der Waals surface area contributed by atoms with Crippen molar-refractivity contribution in [3.05, 3.63) is 67.6 Å². The van der Waals surface area contributed by atoms with E-state index in [1.807, 2.05) is 0 Å². The second-order valence-electron chi connectivity index (χ2n) is 5.66. The molecule has 2 aromatic carbocycles. The van der Waals surface area contributed by atoms with E-state index >= 15 is 0 Å². The molecule has 0 aromatic heterocycles. The van der Waals surface area contributed by atoms with Gasteiger partial charge in [0.25, 0.3) is 0 Å². The lowest BCUT2D eigenvalue weighted by Crippen LogP contribution is -2.12. The summed E-state index contributed by atoms with van der Waals surface area (Å²) in [5.41, 5.74) is -2.28. The Morgan fingerprint density at radius 1 is 0.704 bits per heavy atom. The Labute approximate surface area is 167 Å². The third-order valence-electron chi connectivity index (χ3n) is 3.45. The highest BCUT2D eigenvalue weighted by molar-refractivity contribution is 9.10. The van der Waals surface area contributed by atoms with Gasteiger partial charge in [0.2, 0.25) is 0 Å². The van der Waals surface area contributed by atoms with Gasteiger partial charge < -0.3 is 0 Å². The molecule has 0 amide bonds. The first kappa shape index (κ1) is 22.2. The van der Waals surface area contributed by atoms with Gasteiger partial charge in [-0.1, -0.05) is 44.0 Å². The second-order valence-corrected chi connectivity index (χ2v) is 9.43. The van der Waals surface area contributed by atoms with Gasteiger partial charge in [-0.2, -0.15) is 26.3 Å². The maximum Gasteiger partial charge on any atom is 0.417 e. The number of benzene rings is 2. The SMILES string of the molecule is O=S(=O)(Cc1ccc(Br)c(C(F)(F)F)c1)Cc1ccc(Br)c(C(F)(F)F)c1. The highest BCUT2D eigenvalue weighted by Crippen LogP contribution is 2.37. The highest BCUT2D eigenvalue weighted by Gasteiger charge is 2.34. The second kappa shape index (κ2) is 7.75. The van der Waals surface area contributed by atoms with Crippen LogP contribution in [0.1, 0.15) is 22.3 Å². The molecule has 2 aromatic rings. The summed E-state index contributed by atoms with van der Waals surface area (Å²) in [5, 5.41) is 0. The Morgan fingerprint density at radius 3 is 1.33 bits per heavy atom. The molecule has 0 aliphatic rings. The third-order valence-corrected chi connectivity index (χ3v) is 6.37. The lowest BCUT2D eigenvalue weighted by molar-refractivity contribution is -0.139. The monoisotopic (exact) mass is 538 g/mol. The smallest absolute Gasteiger partial charge is 0.228 e. The zero-order chi connectivity index (χ0) is 20.6. The first-order chi connectivity index (χ1) is 12.2. The Bertz CT molecular complexity index is 881. The zero-order valence-electron chi connectivity index (χ0n) is 13.1. The van der Waals surface area contributed by atoms with Gasteiger partial charge in [0.05, 0.1) is 22.6 Å². The van der Waals surface area contributed by atoms with Crippen LogP contribution in [-0.4, -0.2) is 8.42 Å². The number of hydrogen-bond donors (Lipinski definition) is 0. The van der Waals surface area contributed by atoms with E-state index in [0.29, 0.717) is 12.1 Å². The average molecular weight is 540 g/mol. The van der Waals surface area contributed by atoms with Crippen LogP contribution in [0.15, 0.2) is 45.3 Å². The first-order valence-corrected chi connectivity index (χ1v) is 10.5. The molecule has 0 radical (unpaired) electrons. The van der Waals surface area contributed by atoms with Crippen molar-refractivity contribution >= 4 is 41.7 Å². The molecule has 0 aliphatic heterocycles. The normalized spacial score (nSPS) is 13.0. The van der Waals surface area contributed by atoms with Gasteiger partial charge in [-0.15, -0.1) is 0 Å². The van der Waals surface area contributed by atoms with Gasteiger partial charge in [-0.3, -0.25) is 0 Å². The minimum absolute atomic E-state index is 0.112. The van der Waals surface area contributed by atoms with Crippen LogP contribution in [0.25, 0.3) is 0 Å². The predicted molar refractivity (Wildman–Crippen MR) is 94.6 cm³/mol. The molecular weight excluding hydrogens is 530 g/mol. The molecule has 0 aliphatic carbocycles. The van der Waals surface area contributed by atoms with Gasteiger partial charge in [0.1, 0.15) is 0 Å². The molecule has 0 unspecified atom stereocenters. The summed E-state index contributed by atoms with van der Waals surface area (Å²) in [5.74, 6) is -1.47. The maximum atomic E-state index is 12.9. The minimum atomic E-state index is -4.67. The number of sulfone groups is 1. The van der Waals surface area contributed by atoms with Crippen molar-refractivity contribution in [2.24, 2.45) is 0 Å². The van der Waals surface area contributed by atoms with E-state index in [4.69, 9.17) is 0 Å². The van der Waals surface area contributed by atoms with Crippen LogP contribution in [0.5, 0.6) is 0 Å². The van der Waals surface area contributed by atoms with Crippen molar-refractivity contribution < 1.29 is 34.8 Å². The summed E-state index contributed by atoms with van der Waals surface area (Å²) in [6.45, 7) is 0. The Hall–Kier alpha value is -1.07. The summed E-state index contributed by atoms with van der Waals surface area (Å²) in [6.07, 6.45) is -9.35. The van der Waals surface area contributed by atoms with Crippen LogP contribution in [0, 0.1) is 0 Å². The number of alkyl halides is 6. The highest BCUT2D eigenvalue weighted by atomic mass is 79.9. The fraction of sp³-hybridized carbons (Fsp3) is 0.250. The molecule has 0 fully saturated rings. The van der Waals surface area contributed by atoms with Crippen molar-refractivity contribution in [3.63, 3.8) is 0 Å². The van der Waals surface area contributed by atoms with Crippen LogP contribution < -0.4 is 0 Å². The van der Waals surface area contributed by atoms with Crippen molar-refractivity contribution in [3.8, 4) is 0 Å². The Kier molecular flexibility index (Phi) is 6.38. The maximum absolute atomic E-state index is 12.9. The van der Waals surface area contributed by atoms with Crippen molar-refractivity contribution in [1.29, 1.82) is 0 Å². The van der Waals surface area contributed by atoms with E-state index in [9.17, 15) is 34.8 Å². The van der Waals surface area contributed by atoms with Gasteiger partial charge in [0, 0.05) is 8.95 Å². The fourth-order valence-electron chi connectivity index (χ4n) is 2.32. The molecule has 0 spiro atoms. The average Bonchev–Trinajstić information content (AvgIpc) is 2.48. The molecule has 11 heteroatoms. The van der Waals surface area contributed by atoms with E-state index < -0.39 is 44.8 Å². The van der Waals surface area contributed by atoms with Crippen LogP contribution in [0.4, 0.5) is 26.3 Å². The molecule has 0 atom stereocenters. The van der Waals surface area contributed by atoms with Crippen LogP contribution in [0.3, 0.4) is 0 Å². The molecule has 0 N–H and O–H groups in total. The molecule has 27 heavy (non-hydrogen) atoms. The number of rotatable bonds is 4. The van der Waals surface area contributed by atoms with Crippen LogP contribution >= 0.6 is 31.9 Å². The summed E-state index contributed by atoms with van der Waals surface area (Å²) in [6, 6.07) is 5.97. The largest absolute Gasteiger partial charge is 0.417 e. The van der Waals surface area contributed by atoms with Gasteiger partial charge >= 0.3 is 12.4 Å². The molecule has 2 rings (SSSR count). The molecule has 0 heterocycles. The fourth-order valence-corrected chi connectivity index (χ4v) is 4.74. The standard InChI is InChI=1S/C16H10Br2F6O2S/c17-13-3-1-9(5-11(13)15(19,20)21)7-27(25,26)8-10-2-4-14(18)12(6-10)16(22,23)24/h1-6H,7-8H2. The quantitative estimate of drug-likeness (QED) is 0.423. The molecular formula is C16H10Br2F6O2S. The van der Waals surface area contributed by atoms with Gasteiger partial charge in [-0.05, 0) is 35.4 Å². The zero-order valence-corrected chi connectivity index (χ0v) is 17.1. The Balaban J connectivity index is 2.29. The molecule has 0 bridgehead atoms. The summed E-state index contributed by atoms with van der Waals surface area (Å²) in [4.78, 5) is 0. The molecule has 148 valence electrons. The topological polar surface area (TPSA) is 34.1 Å². The Morgan fingerprint density at radius 2 is 1.04 bits per heavy atom. The first-order valence-electron chi connectivity index (χ1n) is 7.11. The van der Waals surface area contributed by atoms with E-state index in [1.165, 1.54) is 12.1 Å². The summed E-state index contributed by atoms with van der Waals surface area (Å²) < 4.78 is 102. The number of halogens is 8. The molecule has 0 saturated heterocycles.